The van der Waals surface area contributed by atoms with Gasteiger partial charge in [0.05, 0.1) is 13.2 Å². The molecule has 1 fully saturated rings. The van der Waals surface area contributed by atoms with Crippen LogP contribution in [-0.4, -0.2) is 46.7 Å². The van der Waals surface area contributed by atoms with Crippen LogP contribution in [0.5, 0.6) is 0 Å². The number of aliphatic hydroxyl groups is 1. The lowest BCUT2D eigenvalue weighted by molar-refractivity contribution is -0.175. The lowest BCUT2D eigenvalue weighted by atomic mass is 9.88. The number of imide groups is 1. The molecule has 1 N–H and O–H groups in total. The normalized spacial score (nSPS) is 18.3. The molecule has 2 heterocycles. The molecule has 2 amide bonds. The molecule has 1 aliphatic rings. The molecular weight excluding hydrogens is 625 g/mol. The third-order valence-corrected chi connectivity index (χ3v) is 14.1. The van der Waals surface area contributed by atoms with Crippen molar-refractivity contribution in [2.75, 3.05) is 0 Å². The fraction of sp³-hybridized carbons (Fsp3) is 0.395. The minimum absolute atomic E-state index is 0.0130. The SMILES string of the molecule is CC1(C)OC(=O)N(C(=O)[C@@](C)(OCc2ccc(-c3ccccc3)cc2)[C@@H](O)c2cc(CO[Si](C)(C)C(C)(C)C)on2)[C@H]1c1ccccc1. The Morgan fingerprint density at radius 3 is 2.12 bits per heavy atom. The first-order valence-electron chi connectivity index (χ1n) is 16.2. The molecule has 0 bridgehead atoms. The predicted molar refractivity (Wildman–Crippen MR) is 185 cm³/mol. The predicted octanol–water partition coefficient (Wildman–Crippen LogP) is 8.37. The first kappa shape index (κ1) is 35.2. The van der Waals surface area contributed by atoms with Gasteiger partial charge in [0.15, 0.2) is 19.7 Å². The van der Waals surface area contributed by atoms with Crippen LogP contribution in [0.1, 0.15) is 76.3 Å². The standard InChI is InChI=1S/C38H46N2O7Si/c1-36(2,3)48(7,8)45-25-30-23-31(39-47-30)33(41)38(6,44-24-26-19-21-28(22-20-26)27-15-11-9-12-16-27)34(42)40-32(29-17-13-10-14-18-29)37(4,5)46-35(40)43/h9-23,32-33,41H,24-25H2,1-8H3/t32-,33-,38-/m0/s1. The highest BCUT2D eigenvalue weighted by Gasteiger charge is 2.57. The Hall–Kier alpha value is -4.09. The maximum Gasteiger partial charge on any atom is 0.417 e. The van der Waals surface area contributed by atoms with Crippen LogP contribution in [0.2, 0.25) is 18.1 Å². The molecule has 0 aliphatic carbocycles. The number of rotatable bonds is 11. The molecule has 48 heavy (non-hydrogen) atoms. The Balaban J connectivity index is 1.46. The molecule has 1 saturated heterocycles. The van der Waals surface area contributed by atoms with Crippen molar-refractivity contribution in [2.45, 2.75) is 96.2 Å². The van der Waals surface area contributed by atoms with Crippen LogP contribution < -0.4 is 0 Å². The van der Waals surface area contributed by atoms with Crippen molar-refractivity contribution in [3.05, 3.63) is 114 Å². The van der Waals surface area contributed by atoms with Crippen molar-refractivity contribution < 1.29 is 33.1 Å². The summed E-state index contributed by atoms with van der Waals surface area (Å²) in [5, 5.41) is 16.0. The first-order chi connectivity index (χ1) is 22.5. The highest BCUT2D eigenvalue weighted by atomic mass is 28.4. The summed E-state index contributed by atoms with van der Waals surface area (Å²) in [4.78, 5) is 29.1. The first-order valence-corrected chi connectivity index (χ1v) is 19.1. The Morgan fingerprint density at radius 1 is 0.938 bits per heavy atom. The summed E-state index contributed by atoms with van der Waals surface area (Å²) in [5.41, 5.74) is 0.647. The van der Waals surface area contributed by atoms with Crippen LogP contribution in [0.4, 0.5) is 4.79 Å². The van der Waals surface area contributed by atoms with E-state index < -0.39 is 43.7 Å². The van der Waals surface area contributed by atoms with E-state index >= 15 is 0 Å². The molecule has 5 rings (SSSR count). The number of aromatic nitrogens is 1. The lowest BCUT2D eigenvalue weighted by Gasteiger charge is -2.37. The number of cyclic esters (lactones) is 1. The van der Waals surface area contributed by atoms with Crippen molar-refractivity contribution in [3.63, 3.8) is 0 Å². The van der Waals surface area contributed by atoms with Crippen molar-refractivity contribution in [3.8, 4) is 11.1 Å². The number of ether oxygens (including phenoxy) is 2. The second-order valence-electron chi connectivity index (χ2n) is 14.6. The van der Waals surface area contributed by atoms with Gasteiger partial charge < -0.3 is 23.5 Å². The van der Waals surface area contributed by atoms with Crippen LogP contribution in [0.15, 0.2) is 95.5 Å². The van der Waals surface area contributed by atoms with Crippen LogP contribution in [0.25, 0.3) is 11.1 Å². The third kappa shape index (κ3) is 7.17. The van der Waals surface area contributed by atoms with Crippen LogP contribution in [0.3, 0.4) is 0 Å². The summed E-state index contributed by atoms with van der Waals surface area (Å²) in [5.74, 6) is -0.355. The van der Waals surface area contributed by atoms with Gasteiger partial charge in [0.25, 0.3) is 5.91 Å². The van der Waals surface area contributed by atoms with Crippen molar-refractivity contribution >= 4 is 20.3 Å². The highest BCUT2D eigenvalue weighted by Crippen LogP contribution is 2.44. The number of hydrogen-bond donors (Lipinski definition) is 1. The number of nitrogens with zero attached hydrogens (tertiary/aromatic N) is 2. The van der Waals surface area contributed by atoms with E-state index in [4.69, 9.17) is 18.4 Å². The van der Waals surface area contributed by atoms with Crippen molar-refractivity contribution in [1.29, 1.82) is 0 Å². The summed E-state index contributed by atoms with van der Waals surface area (Å²) >= 11 is 0. The molecule has 0 saturated carbocycles. The number of carbonyl (C=O) groups is 2. The van der Waals surface area contributed by atoms with E-state index in [1.807, 2.05) is 84.9 Å². The van der Waals surface area contributed by atoms with E-state index in [2.05, 4.69) is 39.0 Å². The zero-order chi connectivity index (χ0) is 34.9. The molecular formula is C38H46N2O7Si. The van der Waals surface area contributed by atoms with Gasteiger partial charge in [-0.15, -0.1) is 0 Å². The molecule has 3 atom stereocenters. The van der Waals surface area contributed by atoms with Gasteiger partial charge in [-0.1, -0.05) is 111 Å². The molecule has 0 radical (unpaired) electrons. The molecule has 0 spiro atoms. The molecule has 3 aromatic carbocycles. The number of aliphatic hydroxyl groups excluding tert-OH is 1. The van der Waals surface area contributed by atoms with Crippen molar-refractivity contribution in [2.24, 2.45) is 0 Å². The Labute approximate surface area is 283 Å². The van der Waals surface area contributed by atoms with Gasteiger partial charge in [0.1, 0.15) is 23.4 Å². The van der Waals surface area contributed by atoms with Gasteiger partial charge in [0.2, 0.25) is 0 Å². The second-order valence-corrected chi connectivity index (χ2v) is 19.4. The lowest BCUT2D eigenvalue weighted by Crippen LogP contribution is -2.54. The van der Waals surface area contributed by atoms with E-state index in [1.54, 1.807) is 19.9 Å². The Bertz CT molecular complexity index is 1720. The van der Waals surface area contributed by atoms with E-state index in [1.165, 1.54) is 6.92 Å². The quantitative estimate of drug-likeness (QED) is 0.159. The fourth-order valence-corrected chi connectivity index (χ4v) is 6.50. The van der Waals surface area contributed by atoms with Crippen LogP contribution in [-0.2, 0) is 31.9 Å². The fourth-order valence-electron chi connectivity index (χ4n) is 5.56. The van der Waals surface area contributed by atoms with Gasteiger partial charge in [-0.3, -0.25) is 4.79 Å². The summed E-state index contributed by atoms with van der Waals surface area (Å²) in [7, 11) is -2.10. The molecule has 0 unspecified atom stereocenters. The monoisotopic (exact) mass is 670 g/mol. The molecule has 254 valence electrons. The zero-order valence-electron chi connectivity index (χ0n) is 29.0. The highest BCUT2D eigenvalue weighted by molar-refractivity contribution is 6.74. The zero-order valence-corrected chi connectivity index (χ0v) is 30.0. The molecule has 4 aromatic rings. The number of benzene rings is 3. The summed E-state index contributed by atoms with van der Waals surface area (Å²) in [6.07, 6.45) is -2.43. The molecule has 1 aliphatic heterocycles. The van der Waals surface area contributed by atoms with E-state index in [0.29, 0.717) is 11.3 Å². The summed E-state index contributed by atoms with van der Waals surface area (Å²) < 4.78 is 24.0. The summed E-state index contributed by atoms with van der Waals surface area (Å²) in [6.45, 7) is 15.8. The van der Waals surface area contributed by atoms with Gasteiger partial charge in [0, 0.05) is 6.07 Å². The van der Waals surface area contributed by atoms with E-state index in [9.17, 15) is 14.7 Å². The topological polar surface area (TPSA) is 111 Å². The largest absolute Gasteiger partial charge is 0.440 e. The van der Waals surface area contributed by atoms with Crippen LogP contribution in [0, 0.1) is 0 Å². The maximum absolute atomic E-state index is 14.7. The Morgan fingerprint density at radius 2 is 1.52 bits per heavy atom. The van der Waals surface area contributed by atoms with Gasteiger partial charge >= 0.3 is 6.09 Å². The van der Waals surface area contributed by atoms with E-state index in [-0.39, 0.29) is 23.9 Å². The Kier molecular flexibility index (Phi) is 9.85. The second kappa shape index (κ2) is 13.4. The average molecular weight is 671 g/mol. The smallest absolute Gasteiger partial charge is 0.417 e. The number of hydrogen-bond acceptors (Lipinski definition) is 8. The maximum atomic E-state index is 14.7. The van der Waals surface area contributed by atoms with Crippen LogP contribution >= 0.6 is 0 Å². The van der Waals surface area contributed by atoms with Gasteiger partial charge in [-0.25, -0.2) is 9.69 Å². The van der Waals surface area contributed by atoms with Gasteiger partial charge in [-0.05, 0) is 61.2 Å². The van der Waals surface area contributed by atoms with Crippen molar-refractivity contribution in [1.82, 2.24) is 10.1 Å². The number of amides is 2. The minimum Gasteiger partial charge on any atom is -0.440 e. The van der Waals surface area contributed by atoms with E-state index in [0.717, 1.165) is 21.6 Å². The molecule has 1 aromatic heterocycles. The van der Waals surface area contributed by atoms with Gasteiger partial charge in [-0.2, -0.15) is 0 Å². The summed E-state index contributed by atoms with van der Waals surface area (Å²) in [6, 6.07) is 27.8. The number of carbonyl (C=O) groups excluding carboxylic acids is 2. The third-order valence-electron chi connectivity index (χ3n) is 9.58. The molecule has 10 heteroatoms. The molecule has 9 nitrogen and oxygen atoms in total. The average Bonchev–Trinajstić information content (AvgIpc) is 3.63. The minimum atomic E-state index is -2.10.